The molecule has 0 aliphatic rings. The zero-order chi connectivity index (χ0) is 13.7. The van der Waals surface area contributed by atoms with Crippen LogP contribution in [0.2, 0.25) is 0 Å². The zero-order valence-electron chi connectivity index (χ0n) is 12.2. The van der Waals surface area contributed by atoms with Crippen LogP contribution in [-0.4, -0.2) is 19.0 Å². The summed E-state index contributed by atoms with van der Waals surface area (Å²) in [6.45, 7) is 4.32. The third-order valence-electron chi connectivity index (χ3n) is 3.36. The van der Waals surface area contributed by atoms with Crippen molar-refractivity contribution in [3.05, 3.63) is 0 Å². The molecule has 0 aromatic rings. The highest BCUT2D eigenvalue weighted by Crippen LogP contribution is 2.15. The maximum atomic E-state index is 12.9. The first-order chi connectivity index (χ1) is 8.62. The summed E-state index contributed by atoms with van der Waals surface area (Å²) in [4.78, 5) is 0. The van der Waals surface area contributed by atoms with Gasteiger partial charge in [-0.2, -0.15) is 0 Å². The maximum Gasteiger partial charge on any atom is 0.260 e. The number of rotatable bonds is 13. The second kappa shape index (κ2) is 11.9. The van der Waals surface area contributed by atoms with Gasteiger partial charge < -0.3 is 5.32 Å². The van der Waals surface area contributed by atoms with Crippen LogP contribution in [0.5, 0.6) is 0 Å². The van der Waals surface area contributed by atoms with Gasteiger partial charge in [0.25, 0.3) is 5.92 Å². The van der Waals surface area contributed by atoms with Crippen molar-refractivity contribution in [1.82, 2.24) is 5.32 Å². The fraction of sp³-hybridized carbons (Fsp3) is 1.00. The summed E-state index contributed by atoms with van der Waals surface area (Å²) >= 11 is 0. The van der Waals surface area contributed by atoms with E-state index in [9.17, 15) is 8.78 Å². The minimum Gasteiger partial charge on any atom is -0.311 e. The molecule has 110 valence electrons. The van der Waals surface area contributed by atoms with E-state index in [0.29, 0.717) is 0 Å². The first kappa shape index (κ1) is 17.8. The fourth-order valence-electron chi connectivity index (χ4n) is 1.96. The van der Waals surface area contributed by atoms with Crippen molar-refractivity contribution in [2.75, 3.05) is 13.1 Å². The molecule has 0 amide bonds. The Hall–Kier alpha value is -0.180. The molecule has 0 aromatic carbocycles. The molecular formula is C15H31F2N. The Morgan fingerprint density at radius 1 is 0.778 bits per heavy atom. The van der Waals surface area contributed by atoms with Crippen molar-refractivity contribution in [3.8, 4) is 0 Å². The molecule has 0 atom stereocenters. The van der Waals surface area contributed by atoms with Gasteiger partial charge in [0.15, 0.2) is 0 Å². The van der Waals surface area contributed by atoms with Crippen LogP contribution in [0.25, 0.3) is 0 Å². The Balaban J connectivity index is 3.08. The van der Waals surface area contributed by atoms with Crippen molar-refractivity contribution in [2.45, 2.75) is 84.0 Å². The van der Waals surface area contributed by atoms with Crippen LogP contribution in [0.15, 0.2) is 0 Å². The van der Waals surface area contributed by atoms with Crippen LogP contribution >= 0.6 is 0 Å². The molecule has 1 N–H and O–H groups in total. The Labute approximate surface area is 112 Å². The van der Waals surface area contributed by atoms with Gasteiger partial charge in [0.05, 0.1) is 6.54 Å². The van der Waals surface area contributed by atoms with E-state index in [1.807, 2.05) is 0 Å². The quantitative estimate of drug-likeness (QED) is 0.453. The van der Waals surface area contributed by atoms with Crippen LogP contribution in [-0.2, 0) is 0 Å². The van der Waals surface area contributed by atoms with E-state index in [0.717, 1.165) is 13.0 Å². The smallest absolute Gasteiger partial charge is 0.260 e. The summed E-state index contributed by atoms with van der Waals surface area (Å²) in [5, 5.41) is 2.85. The van der Waals surface area contributed by atoms with Crippen molar-refractivity contribution < 1.29 is 8.78 Å². The highest BCUT2D eigenvalue weighted by molar-refractivity contribution is 4.66. The number of halogens is 2. The summed E-state index contributed by atoms with van der Waals surface area (Å²) in [7, 11) is 0. The molecule has 0 heterocycles. The topological polar surface area (TPSA) is 12.0 Å². The Morgan fingerprint density at radius 2 is 1.28 bits per heavy atom. The SMILES string of the molecule is CCCCCCCCCCCNCC(F)(F)CC. The molecule has 0 spiro atoms. The number of hydrogen-bond donors (Lipinski definition) is 1. The summed E-state index contributed by atoms with van der Waals surface area (Å²) in [6, 6.07) is 0. The molecule has 0 unspecified atom stereocenters. The Morgan fingerprint density at radius 3 is 1.78 bits per heavy atom. The number of nitrogens with one attached hydrogen (secondary N) is 1. The molecule has 1 nitrogen and oxygen atoms in total. The third kappa shape index (κ3) is 12.3. The van der Waals surface area contributed by atoms with Crippen molar-refractivity contribution in [2.24, 2.45) is 0 Å². The lowest BCUT2D eigenvalue weighted by atomic mass is 10.1. The van der Waals surface area contributed by atoms with E-state index in [-0.39, 0.29) is 13.0 Å². The lowest BCUT2D eigenvalue weighted by Gasteiger charge is -2.14. The first-order valence-corrected chi connectivity index (χ1v) is 7.71. The number of hydrogen-bond acceptors (Lipinski definition) is 1. The predicted molar refractivity (Wildman–Crippen MR) is 75.3 cm³/mol. The predicted octanol–water partition coefficient (Wildman–Crippen LogP) is 5.15. The van der Waals surface area contributed by atoms with E-state index < -0.39 is 5.92 Å². The van der Waals surface area contributed by atoms with Gasteiger partial charge in [-0.25, -0.2) is 8.78 Å². The van der Waals surface area contributed by atoms with Gasteiger partial charge in [0.1, 0.15) is 0 Å². The minimum atomic E-state index is -2.53. The van der Waals surface area contributed by atoms with Crippen LogP contribution in [0, 0.1) is 0 Å². The number of unbranched alkanes of at least 4 members (excludes halogenated alkanes) is 8. The van der Waals surface area contributed by atoms with E-state index >= 15 is 0 Å². The lowest BCUT2D eigenvalue weighted by Crippen LogP contribution is -2.32. The molecule has 0 rings (SSSR count). The lowest BCUT2D eigenvalue weighted by molar-refractivity contribution is -0.00146. The summed E-state index contributed by atoms with van der Waals surface area (Å²) in [5.41, 5.74) is 0. The average Bonchev–Trinajstić information content (AvgIpc) is 2.36. The van der Waals surface area contributed by atoms with Crippen molar-refractivity contribution >= 4 is 0 Å². The van der Waals surface area contributed by atoms with Crippen LogP contribution < -0.4 is 5.32 Å². The van der Waals surface area contributed by atoms with E-state index in [4.69, 9.17) is 0 Å². The summed E-state index contributed by atoms with van der Waals surface area (Å²) < 4.78 is 25.7. The molecule has 0 fully saturated rings. The molecule has 0 bridgehead atoms. The van der Waals surface area contributed by atoms with Crippen LogP contribution in [0.4, 0.5) is 8.78 Å². The van der Waals surface area contributed by atoms with Crippen molar-refractivity contribution in [3.63, 3.8) is 0 Å². The van der Waals surface area contributed by atoms with E-state index in [2.05, 4.69) is 12.2 Å². The van der Waals surface area contributed by atoms with E-state index in [1.54, 1.807) is 0 Å². The van der Waals surface area contributed by atoms with Gasteiger partial charge in [0, 0.05) is 6.42 Å². The number of alkyl halides is 2. The van der Waals surface area contributed by atoms with Crippen LogP contribution in [0.3, 0.4) is 0 Å². The first-order valence-electron chi connectivity index (χ1n) is 7.71. The van der Waals surface area contributed by atoms with Gasteiger partial charge in [0.2, 0.25) is 0 Å². The van der Waals surface area contributed by atoms with Crippen molar-refractivity contribution in [1.29, 1.82) is 0 Å². The van der Waals surface area contributed by atoms with Gasteiger partial charge in [-0.15, -0.1) is 0 Å². The fourth-order valence-corrected chi connectivity index (χ4v) is 1.96. The monoisotopic (exact) mass is 263 g/mol. The molecule has 0 radical (unpaired) electrons. The van der Waals surface area contributed by atoms with Gasteiger partial charge in [-0.3, -0.25) is 0 Å². The molecule has 0 saturated carbocycles. The second-order valence-corrected chi connectivity index (χ2v) is 5.21. The third-order valence-corrected chi connectivity index (χ3v) is 3.36. The molecule has 0 aliphatic heterocycles. The molecule has 0 aliphatic carbocycles. The standard InChI is InChI=1S/C15H31F2N/c1-3-5-6-7-8-9-10-11-12-13-18-14-15(16,17)4-2/h18H,3-14H2,1-2H3. The Bertz CT molecular complexity index is 172. The van der Waals surface area contributed by atoms with Gasteiger partial charge >= 0.3 is 0 Å². The molecule has 18 heavy (non-hydrogen) atoms. The molecule has 0 saturated heterocycles. The normalized spacial score (nSPS) is 12.0. The second-order valence-electron chi connectivity index (χ2n) is 5.21. The highest BCUT2D eigenvalue weighted by atomic mass is 19.3. The zero-order valence-corrected chi connectivity index (χ0v) is 12.2. The highest BCUT2D eigenvalue weighted by Gasteiger charge is 2.24. The molecular weight excluding hydrogens is 232 g/mol. The summed E-state index contributed by atoms with van der Waals surface area (Å²) in [5.74, 6) is -2.53. The van der Waals surface area contributed by atoms with E-state index in [1.165, 1.54) is 58.3 Å². The average molecular weight is 263 g/mol. The summed E-state index contributed by atoms with van der Waals surface area (Å²) in [6.07, 6.45) is 11.4. The van der Waals surface area contributed by atoms with Gasteiger partial charge in [-0.1, -0.05) is 65.2 Å². The minimum absolute atomic E-state index is 0.0717. The van der Waals surface area contributed by atoms with Crippen LogP contribution in [0.1, 0.15) is 78.1 Å². The maximum absolute atomic E-state index is 12.9. The van der Waals surface area contributed by atoms with Gasteiger partial charge in [-0.05, 0) is 13.0 Å². The molecule has 3 heteroatoms. The largest absolute Gasteiger partial charge is 0.311 e. The Kier molecular flexibility index (Phi) is 11.8. The molecule has 0 aromatic heterocycles.